The minimum absolute atomic E-state index is 0.000328. The average Bonchev–Trinajstić information content (AvgIpc) is 3.07. The lowest BCUT2D eigenvalue weighted by molar-refractivity contribution is -0.127. The third-order valence-corrected chi connectivity index (χ3v) is 8.65. The van der Waals surface area contributed by atoms with Crippen LogP contribution in [0.1, 0.15) is 41.6 Å². The Balaban J connectivity index is 1.08. The van der Waals surface area contributed by atoms with E-state index in [1.165, 1.54) is 24.3 Å². The number of ether oxygens (including phenoxy) is 3. The lowest BCUT2D eigenvalue weighted by Gasteiger charge is -2.41. The van der Waals surface area contributed by atoms with E-state index in [0.717, 1.165) is 44.3 Å². The highest BCUT2D eigenvalue weighted by molar-refractivity contribution is 5.95. The molecule has 0 saturated carbocycles. The van der Waals surface area contributed by atoms with Gasteiger partial charge in [-0.2, -0.15) is 0 Å². The number of piperidine rings is 2. The van der Waals surface area contributed by atoms with Gasteiger partial charge < -0.3 is 29.3 Å². The van der Waals surface area contributed by atoms with Crippen molar-refractivity contribution in [3.63, 3.8) is 0 Å². The molecule has 8 nitrogen and oxygen atoms in total. The summed E-state index contributed by atoms with van der Waals surface area (Å²) in [6.07, 6.45) is 6.65. The summed E-state index contributed by atoms with van der Waals surface area (Å²) < 4.78 is 44.2. The number of nitrogens with one attached hydrogen (secondary N) is 1. The van der Waals surface area contributed by atoms with E-state index in [-0.39, 0.29) is 23.3 Å². The van der Waals surface area contributed by atoms with Crippen molar-refractivity contribution in [3.8, 4) is 28.4 Å². The lowest BCUT2D eigenvalue weighted by atomic mass is 9.97. The van der Waals surface area contributed by atoms with Gasteiger partial charge in [-0.3, -0.25) is 9.59 Å². The molecule has 0 radical (unpaired) electrons. The maximum Gasteiger partial charge on any atom is 0.254 e. The van der Waals surface area contributed by atoms with Gasteiger partial charge in [-0.15, -0.1) is 0 Å². The zero-order valence-corrected chi connectivity index (χ0v) is 25.9. The van der Waals surface area contributed by atoms with Gasteiger partial charge in [0.25, 0.3) is 5.91 Å². The van der Waals surface area contributed by atoms with Crippen molar-refractivity contribution in [3.05, 3.63) is 83.4 Å². The Morgan fingerprint density at radius 1 is 0.800 bits per heavy atom. The molecule has 2 heterocycles. The van der Waals surface area contributed by atoms with E-state index in [4.69, 9.17) is 14.2 Å². The zero-order chi connectivity index (χ0) is 31.9. The molecule has 2 amide bonds. The van der Waals surface area contributed by atoms with Crippen LogP contribution >= 0.6 is 0 Å². The largest absolute Gasteiger partial charge is 0.493 e. The van der Waals surface area contributed by atoms with Gasteiger partial charge in [0.05, 0.1) is 26.9 Å². The van der Waals surface area contributed by atoms with Crippen LogP contribution in [-0.4, -0.2) is 81.2 Å². The van der Waals surface area contributed by atoms with Gasteiger partial charge in [-0.25, -0.2) is 8.78 Å². The van der Waals surface area contributed by atoms with Crippen molar-refractivity contribution in [1.82, 2.24) is 15.1 Å². The first kappa shape index (κ1) is 32.0. The predicted octanol–water partition coefficient (Wildman–Crippen LogP) is 5.56. The highest BCUT2D eigenvalue weighted by atomic mass is 19.1. The van der Waals surface area contributed by atoms with Crippen LogP contribution < -0.4 is 19.5 Å². The predicted molar refractivity (Wildman–Crippen MR) is 169 cm³/mol. The Hall–Kier alpha value is -4.44. The quantitative estimate of drug-likeness (QED) is 0.316. The SMILES string of the molecule is COc1cc(/C=C/C(=O)N2CCC(N3CCC(NC(=O)c4ccc(-c5ccc(F)cc5)cc4F)CC3)CC2)cc(OC)c1OC. The summed E-state index contributed by atoms with van der Waals surface area (Å²) in [6.45, 7) is 3.01. The normalized spacial score (nSPS) is 16.5. The zero-order valence-electron chi connectivity index (χ0n) is 25.9. The van der Waals surface area contributed by atoms with Crippen LogP contribution in [0.5, 0.6) is 17.2 Å². The fourth-order valence-electron chi connectivity index (χ4n) is 6.12. The number of benzene rings is 3. The standard InChI is InChI=1S/C35H39F2N3O5/c1-43-31-20-23(21-32(44-2)34(31)45-3)4-11-33(41)40-18-14-28(15-19-40)39-16-12-27(13-17-39)38-35(42)29-10-7-25(22-30(29)37)24-5-8-26(36)9-6-24/h4-11,20-22,27-28H,12-19H2,1-3H3,(H,38,42)/b11-4+. The van der Waals surface area contributed by atoms with Gasteiger partial charge >= 0.3 is 0 Å². The first-order chi connectivity index (χ1) is 21.8. The summed E-state index contributed by atoms with van der Waals surface area (Å²) >= 11 is 0. The molecule has 0 bridgehead atoms. The molecule has 2 saturated heterocycles. The molecule has 0 unspecified atom stereocenters. The summed E-state index contributed by atoms with van der Waals surface area (Å²) in [5.41, 5.74) is 2.03. The van der Waals surface area contributed by atoms with Crippen LogP contribution in [0.15, 0.2) is 60.7 Å². The number of nitrogens with zero attached hydrogens (tertiary/aromatic N) is 2. The van der Waals surface area contributed by atoms with Crippen molar-refractivity contribution in [2.75, 3.05) is 47.5 Å². The Kier molecular flexibility index (Phi) is 10.3. The summed E-state index contributed by atoms with van der Waals surface area (Å²) in [4.78, 5) is 30.1. The van der Waals surface area contributed by atoms with Crippen LogP contribution in [0.3, 0.4) is 0 Å². The third-order valence-electron chi connectivity index (χ3n) is 8.65. The number of amides is 2. The topological polar surface area (TPSA) is 80.3 Å². The van der Waals surface area contributed by atoms with Crippen LogP contribution in [0.25, 0.3) is 17.2 Å². The first-order valence-corrected chi connectivity index (χ1v) is 15.2. The molecule has 2 aliphatic rings. The van der Waals surface area contributed by atoms with Crippen molar-refractivity contribution in [2.45, 2.75) is 37.8 Å². The monoisotopic (exact) mass is 619 g/mol. The number of methoxy groups -OCH3 is 3. The molecule has 2 fully saturated rings. The number of rotatable bonds is 9. The maximum absolute atomic E-state index is 14.8. The van der Waals surface area contributed by atoms with Crippen molar-refractivity contribution < 1.29 is 32.6 Å². The molecular weight excluding hydrogens is 580 g/mol. The van der Waals surface area contributed by atoms with E-state index in [1.807, 2.05) is 4.90 Å². The minimum atomic E-state index is -0.605. The lowest BCUT2D eigenvalue weighted by Crippen LogP contribution is -2.51. The second-order valence-electron chi connectivity index (χ2n) is 11.3. The van der Waals surface area contributed by atoms with Crippen LogP contribution in [0.4, 0.5) is 8.78 Å². The molecule has 3 aromatic carbocycles. The van der Waals surface area contributed by atoms with Crippen LogP contribution in [0, 0.1) is 11.6 Å². The van der Waals surface area contributed by atoms with E-state index < -0.39 is 11.7 Å². The summed E-state index contributed by atoms with van der Waals surface area (Å²) in [5.74, 6) is 0.116. The fourth-order valence-corrected chi connectivity index (χ4v) is 6.12. The van der Waals surface area contributed by atoms with E-state index in [1.54, 1.807) is 63.8 Å². The average molecular weight is 620 g/mol. The summed E-state index contributed by atoms with van der Waals surface area (Å²) in [5, 5.41) is 3.00. The molecule has 3 aromatic rings. The van der Waals surface area contributed by atoms with Gasteiger partial charge in [0, 0.05) is 44.3 Å². The minimum Gasteiger partial charge on any atom is -0.493 e. The Labute approximate surface area is 262 Å². The molecule has 0 aliphatic carbocycles. The van der Waals surface area contributed by atoms with Gasteiger partial charge in [0.2, 0.25) is 11.7 Å². The van der Waals surface area contributed by atoms with Gasteiger partial charge in [0.15, 0.2) is 11.5 Å². The molecule has 5 rings (SSSR count). The smallest absolute Gasteiger partial charge is 0.254 e. The molecule has 0 spiro atoms. The molecule has 2 aliphatic heterocycles. The molecule has 238 valence electrons. The molecular formula is C35H39F2N3O5. The fraction of sp³-hybridized carbons (Fsp3) is 0.371. The van der Waals surface area contributed by atoms with Gasteiger partial charge in [-0.05, 0) is 84.8 Å². The van der Waals surface area contributed by atoms with Gasteiger partial charge in [-0.1, -0.05) is 18.2 Å². The highest BCUT2D eigenvalue weighted by Gasteiger charge is 2.30. The van der Waals surface area contributed by atoms with E-state index in [0.29, 0.717) is 47.5 Å². The van der Waals surface area contributed by atoms with Crippen LogP contribution in [0.2, 0.25) is 0 Å². The van der Waals surface area contributed by atoms with Crippen LogP contribution in [-0.2, 0) is 4.79 Å². The van der Waals surface area contributed by atoms with Crippen molar-refractivity contribution in [1.29, 1.82) is 0 Å². The number of hydrogen-bond acceptors (Lipinski definition) is 6. The molecule has 45 heavy (non-hydrogen) atoms. The Morgan fingerprint density at radius 2 is 1.42 bits per heavy atom. The number of carbonyl (C=O) groups excluding carboxylic acids is 2. The second kappa shape index (κ2) is 14.6. The van der Waals surface area contributed by atoms with E-state index in [2.05, 4.69) is 10.2 Å². The molecule has 10 heteroatoms. The molecule has 0 aromatic heterocycles. The van der Waals surface area contributed by atoms with E-state index in [9.17, 15) is 18.4 Å². The first-order valence-electron chi connectivity index (χ1n) is 15.2. The maximum atomic E-state index is 14.8. The van der Waals surface area contributed by atoms with Crippen molar-refractivity contribution >= 4 is 17.9 Å². The van der Waals surface area contributed by atoms with E-state index >= 15 is 0 Å². The number of hydrogen-bond donors (Lipinski definition) is 1. The second-order valence-corrected chi connectivity index (χ2v) is 11.3. The summed E-state index contributed by atoms with van der Waals surface area (Å²) in [6, 6.07) is 14.2. The molecule has 0 atom stereocenters. The Morgan fingerprint density at radius 3 is 2.00 bits per heavy atom. The van der Waals surface area contributed by atoms with Crippen molar-refractivity contribution in [2.24, 2.45) is 0 Å². The highest BCUT2D eigenvalue weighted by Crippen LogP contribution is 2.38. The molecule has 1 N–H and O–H groups in total. The number of carbonyl (C=O) groups is 2. The van der Waals surface area contributed by atoms with Gasteiger partial charge in [0.1, 0.15) is 11.6 Å². The number of halogens is 2. The third kappa shape index (κ3) is 7.62. The number of likely N-dealkylation sites (tertiary alicyclic amines) is 2. The Bertz CT molecular complexity index is 1500. The summed E-state index contributed by atoms with van der Waals surface area (Å²) in [7, 11) is 4.65.